The molecule has 0 aromatic heterocycles. The summed E-state index contributed by atoms with van der Waals surface area (Å²) < 4.78 is 42.9. The Morgan fingerprint density at radius 1 is 1.23 bits per heavy atom. The van der Waals surface area contributed by atoms with Crippen LogP contribution in [-0.4, -0.2) is 14.2 Å². The molecule has 0 spiro atoms. The summed E-state index contributed by atoms with van der Waals surface area (Å²) >= 11 is 0. The van der Waals surface area contributed by atoms with Gasteiger partial charge in [-0.15, -0.1) is 4.48 Å². The minimum absolute atomic E-state index is 0.00213. The highest BCUT2D eigenvalue weighted by Gasteiger charge is 2.16. The topological polar surface area (TPSA) is 12.5 Å². The van der Waals surface area contributed by atoms with Gasteiger partial charge in [0.25, 0.3) is 0 Å². The van der Waals surface area contributed by atoms with E-state index in [0.29, 0.717) is 0 Å². The fraction of sp³-hybridized carbons (Fsp3) is 0.250. The fourth-order valence-electron chi connectivity index (χ4n) is 0.917. The largest absolute Gasteiger partial charge is 0.494 e. The Morgan fingerprint density at radius 3 is 2.31 bits per heavy atom. The van der Waals surface area contributed by atoms with Crippen molar-refractivity contribution in [3.8, 4) is 5.75 Å². The molecule has 1 rings (SSSR count). The van der Waals surface area contributed by atoms with Crippen LogP contribution in [0.4, 0.5) is 18.9 Å². The zero-order valence-electron chi connectivity index (χ0n) is 7.14. The van der Waals surface area contributed by atoms with Crippen molar-refractivity contribution >= 4 is 5.69 Å². The molecule has 0 amide bonds. The van der Waals surface area contributed by atoms with Crippen LogP contribution >= 0.6 is 0 Å². The lowest BCUT2D eigenvalue weighted by Gasteiger charge is -2.10. The second kappa shape index (κ2) is 3.55. The molecule has 2 nitrogen and oxygen atoms in total. The molecule has 0 saturated carbocycles. The maximum atomic E-state index is 13.0. The quantitative estimate of drug-likeness (QED) is 0.665. The summed E-state index contributed by atoms with van der Waals surface area (Å²) in [7, 11) is 2.18. The van der Waals surface area contributed by atoms with Gasteiger partial charge in [0.2, 0.25) is 5.82 Å². The Balaban J connectivity index is 3.23. The third kappa shape index (κ3) is 1.68. The van der Waals surface area contributed by atoms with Gasteiger partial charge in [-0.3, -0.25) is 0 Å². The molecular formula is C8H8F3NO. The predicted molar refractivity (Wildman–Crippen MR) is 42.4 cm³/mol. The van der Waals surface area contributed by atoms with Gasteiger partial charge in [-0.2, -0.15) is 4.39 Å². The minimum atomic E-state index is -1.26. The van der Waals surface area contributed by atoms with Gasteiger partial charge in [-0.25, -0.2) is 9.51 Å². The van der Waals surface area contributed by atoms with Gasteiger partial charge in [0.1, 0.15) is 5.69 Å². The highest BCUT2D eigenvalue weighted by atomic mass is 19.2. The Bertz CT molecular complexity index is 315. The summed E-state index contributed by atoms with van der Waals surface area (Å²) in [5.41, 5.74) is -0.460. The average molecular weight is 191 g/mol. The molecular weight excluding hydrogens is 183 g/mol. The molecule has 0 heterocycles. The first kappa shape index (κ1) is 9.70. The van der Waals surface area contributed by atoms with Gasteiger partial charge < -0.3 is 4.74 Å². The van der Waals surface area contributed by atoms with Crippen LogP contribution in [-0.2, 0) is 0 Å². The maximum absolute atomic E-state index is 13.0. The Labute approximate surface area is 73.5 Å². The zero-order chi connectivity index (χ0) is 10.0. The zero-order valence-corrected chi connectivity index (χ0v) is 7.14. The van der Waals surface area contributed by atoms with Crippen LogP contribution in [0.3, 0.4) is 0 Å². The van der Waals surface area contributed by atoms with E-state index in [0.717, 1.165) is 19.2 Å². The number of hydrogen-bond acceptors (Lipinski definition) is 2. The van der Waals surface area contributed by atoms with E-state index in [-0.39, 0.29) is 10.9 Å². The van der Waals surface area contributed by atoms with Gasteiger partial charge in [-0.1, -0.05) is 0 Å². The van der Waals surface area contributed by atoms with Crippen LogP contribution in [0.15, 0.2) is 12.1 Å². The molecule has 0 unspecified atom stereocenters. The number of nitrogens with zero attached hydrogens (tertiary/aromatic N) is 1. The molecule has 13 heavy (non-hydrogen) atoms. The normalized spacial score (nSPS) is 9.92. The predicted octanol–water partition coefficient (Wildman–Crippen LogP) is 2.29. The van der Waals surface area contributed by atoms with E-state index in [2.05, 4.69) is 4.74 Å². The molecule has 0 radical (unpaired) electrons. The standard InChI is InChI=1S/C8H8F3NO/c1-12(11)5-3-4-6(13-2)8(10)7(5)9/h3-4H,1-2H3. The summed E-state index contributed by atoms with van der Waals surface area (Å²) in [6.07, 6.45) is 0. The van der Waals surface area contributed by atoms with E-state index in [4.69, 9.17) is 0 Å². The summed E-state index contributed by atoms with van der Waals surface area (Å²) in [4.78, 5) is 0. The van der Waals surface area contributed by atoms with E-state index >= 15 is 0 Å². The number of halogens is 3. The first-order valence-corrected chi connectivity index (χ1v) is 3.49. The first-order chi connectivity index (χ1) is 6.07. The van der Waals surface area contributed by atoms with Crippen molar-refractivity contribution < 1.29 is 18.0 Å². The van der Waals surface area contributed by atoms with Gasteiger partial charge >= 0.3 is 0 Å². The van der Waals surface area contributed by atoms with Crippen LogP contribution in [0, 0.1) is 11.6 Å². The van der Waals surface area contributed by atoms with Crippen LogP contribution < -0.4 is 9.86 Å². The third-order valence-corrected chi connectivity index (χ3v) is 1.58. The summed E-state index contributed by atoms with van der Waals surface area (Å²) in [5, 5.41) is -0.00213. The molecule has 0 N–H and O–H groups in total. The molecule has 1 aromatic carbocycles. The third-order valence-electron chi connectivity index (χ3n) is 1.58. The Hall–Kier alpha value is -1.39. The van der Waals surface area contributed by atoms with Crippen molar-refractivity contribution in [1.29, 1.82) is 0 Å². The van der Waals surface area contributed by atoms with E-state index in [1.807, 2.05) is 0 Å². The monoisotopic (exact) mass is 191 g/mol. The van der Waals surface area contributed by atoms with Crippen molar-refractivity contribution in [3.63, 3.8) is 0 Å². The smallest absolute Gasteiger partial charge is 0.202 e. The molecule has 5 heteroatoms. The SMILES string of the molecule is COc1ccc(N(C)F)c(F)c1F. The van der Waals surface area contributed by atoms with Crippen molar-refractivity contribution in [2.75, 3.05) is 19.3 Å². The molecule has 0 aliphatic rings. The number of benzene rings is 1. The maximum Gasteiger partial charge on any atom is 0.202 e. The molecule has 0 aliphatic heterocycles. The first-order valence-electron chi connectivity index (χ1n) is 3.49. The van der Waals surface area contributed by atoms with E-state index < -0.39 is 17.3 Å². The number of anilines is 1. The fourth-order valence-corrected chi connectivity index (χ4v) is 0.917. The summed E-state index contributed by atoms with van der Waals surface area (Å²) in [5.74, 6) is -2.70. The van der Waals surface area contributed by atoms with E-state index in [9.17, 15) is 13.3 Å². The molecule has 72 valence electrons. The summed E-state index contributed by atoms with van der Waals surface area (Å²) in [6.45, 7) is 0. The number of rotatable bonds is 2. The van der Waals surface area contributed by atoms with Crippen LogP contribution in [0.1, 0.15) is 0 Å². The van der Waals surface area contributed by atoms with Gasteiger partial charge in [-0.05, 0) is 12.1 Å². The highest BCUT2D eigenvalue weighted by Crippen LogP contribution is 2.27. The highest BCUT2D eigenvalue weighted by molar-refractivity contribution is 5.48. The van der Waals surface area contributed by atoms with Crippen LogP contribution in [0.5, 0.6) is 5.75 Å². The lowest BCUT2D eigenvalue weighted by atomic mass is 10.2. The molecule has 0 saturated heterocycles. The molecule has 1 aromatic rings. The molecule has 0 bridgehead atoms. The second-order valence-electron chi connectivity index (χ2n) is 2.39. The van der Waals surface area contributed by atoms with Crippen molar-refractivity contribution in [1.82, 2.24) is 0 Å². The minimum Gasteiger partial charge on any atom is -0.494 e. The van der Waals surface area contributed by atoms with Gasteiger partial charge in [0, 0.05) is 7.05 Å². The number of methoxy groups -OCH3 is 1. The van der Waals surface area contributed by atoms with Crippen molar-refractivity contribution in [3.05, 3.63) is 23.8 Å². The van der Waals surface area contributed by atoms with Crippen LogP contribution in [0.25, 0.3) is 0 Å². The van der Waals surface area contributed by atoms with Gasteiger partial charge in [0.15, 0.2) is 11.6 Å². The Kier molecular flexibility index (Phi) is 2.65. The average Bonchev–Trinajstić information content (AvgIpc) is 2.09. The molecule has 0 aliphatic carbocycles. The molecule has 0 fully saturated rings. The van der Waals surface area contributed by atoms with Gasteiger partial charge in [0.05, 0.1) is 7.11 Å². The van der Waals surface area contributed by atoms with Crippen molar-refractivity contribution in [2.24, 2.45) is 0 Å². The summed E-state index contributed by atoms with van der Waals surface area (Å²) in [6, 6.07) is 2.25. The van der Waals surface area contributed by atoms with E-state index in [1.165, 1.54) is 7.11 Å². The second-order valence-corrected chi connectivity index (χ2v) is 2.39. The van der Waals surface area contributed by atoms with Crippen molar-refractivity contribution in [2.45, 2.75) is 0 Å². The van der Waals surface area contributed by atoms with Crippen LogP contribution in [0.2, 0.25) is 0 Å². The number of hydrogen-bond donors (Lipinski definition) is 0. The Morgan fingerprint density at radius 2 is 1.85 bits per heavy atom. The molecule has 0 atom stereocenters. The lowest BCUT2D eigenvalue weighted by molar-refractivity contribution is 0.368. The lowest BCUT2D eigenvalue weighted by Crippen LogP contribution is -2.06. The number of ether oxygens (including phenoxy) is 1. The van der Waals surface area contributed by atoms with E-state index in [1.54, 1.807) is 0 Å².